The molecule has 0 heterocycles. The third kappa shape index (κ3) is 3.44. The number of rotatable bonds is 3. The van der Waals surface area contributed by atoms with Crippen LogP contribution in [0.25, 0.3) is 0 Å². The summed E-state index contributed by atoms with van der Waals surface area (Å²) < 4.78 is 13.6. The van der Waals surface area contributed by atoms with Crippen molar-refractivity contribution in [1.29, 1.82) is 0 Å². The van der Waals surface area contributed by atoms with Gasteiger partial charge in [0.25, 0.3) is 0 Å². The maximum absolute atomic E-state index is 13.0. The van der Waals surface area contributed by atoms with Gasteiger partial charge in [0.2, 0.25) is 0 Å². The molecule has 0 atom stereocenters. The molecule has 1 aromatic carbocycles. The molecule has 1 nitrogen and oxygen atoms in total. The van der Waals surface area contributed by atoms with Crippen molar-refractivity contribution in [2.75, 3.05) is 20.6 Å². The lowest BCUT2D eigenvalue weighted by Gasteiger charge is -2.09. The van der Waals surface area contributed by atoms with Crippen molar-refractivity contribution < 1.29 is 4.39 Å². The molecule has 0 saturated carbocycles. The molecular weight excluding hydrogens is 233 g/mol. The van der Waals surface area contributed by atoms with Gasteiger partial charge in [0.1, 0.15) is 5.82 Å². The van der Waals surface area contributed by atoms with Gasteiger partial charge in [-0.15, -0.1) is 0 Å². The van der Waals surface area contributed by atoms with Crippen LogP contribution in [0.1, 0.15) is 5.56 Å². The first-order chi connectivity index (χ1) is 6.09. The highest BCUT2D eigenvalue weighted by Crippen LogP contribution is 2.16. The fourth-order valence-corrected chi connectivity index (χ4v) is 1.29. The highest BCUT2D eigenvalue weighted by molar-refractivity contribution is 9.10. The van der Waals surface area contributed by atoms with E-state index in [2.05, 4.69) is 20.8 Å². The number of halogens is 2. The normalized spacial score (nSPS) is 10.8. The van der Waals surface area contributed by atoms with Crippen molar-refractivity contribution in [1.82, 2.24) is 4.90 Å². The van der Waals surface area contributed by atoms with Crippen molar-refractivity contribution in [3.8, 4) is 0 Å². The van der Waals surface area contributed by atoms with Crippen molar-refractivity contribution in [3.05, 3.63) is 34.1 Å². The average molecular weight is 246 g/mol. The van der Waals surface area contributed by atoms with Gasteiger partial charge in [-0.25, -0.2) is 4.39 Å². The van der Waals surface area contributed by atoms with Crippen LogP contribution in [-0.4, -0.2) is 25.5 Å². The van der Waals surface area contributed by atoms with Crippen LogP contribution < -0.4 is 0 Å². The van der Waals surface area contributed by atoms with Gasteiger partial charge in [0, 0.05) is 6.54 Å². The Labute approximate surface area is 86.7 Å². The van der Waals surface area contributed by atoms with E-state index < -0.39 is 0 Å². The Morgan fingerprint density at radius 3 is 2.62 bits per heavy atom. The van der Waals surface area contributed by atoms with Gasteiger partial charge in [-0.3, -0.25) is 0 Å². The van der Waals surface area contributed by atoms with Gasteiger partial charge < -0.3 is 4.90 Å². The number of nitrogens with zero attached hydrogens (tertiary/aromatic N) is 1. The zero-order chi connectivity index (χ0) is 9.84. The minimum Gasteiger partial charge on any atom is -0.309 e. The Bertz CT molecular complexity index is 286. The van der Waals surface area contributed by atoms with E-state index in [9.17, 15) is 4.39 Å². The molecule has 0 spiro atoms. The summed E-state index contributed by atoms with van der Waals surface area (Å²) in [6.45, 7) is 0.946. The minimum absolute atomic E-state index is 0.184. The summed E-state index contributed by atoms with van der Waals surface area (Å²) in [5.41, 5.74) is 1.04. The Hall–Kier alpha value is -0.410. The predicted octanol–water partition coefficient (Wildman–Crippen LogP) is 2.69. The number of hydrogen-bond donors (Lipinski definition) is 0. The average Bonchev–Trinajstić information content (AvgIpc) is 2.07. The van der Waals surface area contributed by atoms with Gasteiger partial charge in [-0.05, 0) is 54.1 Å². The third-order valence-corrected chi connectivity index (χ3v) is 2.47. The van der Waals surface area contributed by atoms with Gasteiger partial charge >= 0.3 is 0 Å². The molecular formula is C10H13BrFN. The Morgan fingerprint density at radius 1 is 1.38 bits per heavy atom. The van der Waals surface area contributed by atoms with Crippen LogP contribution in [0.2, 0.25) is 0 Å². The van der Waals surface area contributed by atoms with E-state index in [-0.39, 0.29) is 5.82 Å². The standard InChI is InChI=1S/C10H13BrFN/c1-13(2)6-5-8-3-4-9(11)10(12)7-8/h3-4,7H,5-6H2,1-2H3. The van der Waals surface area contributed by atoms with E-state index in [1.165, 1.54) is 0 Å². The van der Waals surface area contributed by atoms with E-state index in [1.54, 1.807) is 12.1 Å². The summed E-state index contributed by atoms with van der Waals surface area (Å²) in [7, 11) is 4.02. The van der Waals surface area contributed by atoms with Crippen LogP contribution in [0.3, 0.4) is 0 Å². The SMILES string of the molecule is CN(C)CCc1ccc(Br)c(F)c1. The van der Waals surface area contributed by atoms with Crippen molar-refractivity contribution >= 4 is 15.9 Å². The van der Waals surface area contributed by atoms with Crippen molar-refractivity contribution in [2.24, 2.45) is 0 Å². The molecule has 0 N–H and O–H groups in total. The number of benzene rings is 1. The molecule has 0 saturated heterocycles. The van der Waals surface area contributed by atoms with Gasteiger partial charge in [0.05, 0.1) is 4.47 Å². The molecule has 0 unspecified atom stereocenters. The van der Waals surface area contributed by atoms with Crippen molar-refractivity contribution in [2.45, 2.75) is 6.42 Å². The second-order valence-corrected chi connectivity index (χ2v) is 4.16. The Kier molecular flexibility index (Phi) is 3.88. The van der Waals surface area contributed by atoms with Crippen LogP contribution in [-0.2, 0) is 6.42 Å². The first kappa shape index (κ1) is 10.7. The molecule has 1 rings (SSSR count). The topological polar surface area (TPSA) is 3.24 Å². The Balaban J connectivity index is 2.63. The molecule has 0 bridgehead atoms. The van der Waals surface area contributed by atoms with Gasteiger partial charge in [-0.2, -0.15) is 0 Å². The molecule has 13 heavy (non-hydrogen) atoms. The van der Waals surface area contributed by atoms with E-state index in [0.29, 0.717) is 4.47 Å². The van der Waals surface area contributed by atoms with Crippen LogP contribution >= 0.6 is 15.9 Å². The lowest BCUT2D eigenvalue weighted by Crippen LogP contribution is -2.15. The van der Waals surface area contributed by atoms with Crippen LogP contribution in [0.4, 0.5) is 4.39 Å². The predicted molar refractivity (Wildman–Crippen MR) is 56.4 cm³/mol. The van der Waals surface area contributed by atoms with E-state index in [4.69, 9.17) is 0 Å². The molecule has 1 aromatic rings. The van der Waals surface area contributed by atoms with E-state index in [0.717, 1.165) is 18.5 Å². The minimum atomic E-state index is -0.184. The van der Waals surface area contributed by atoms with Crippen molar-refractivity contribution in [3.63, 3.8) is 0 Å². The number of hydrogen-bond acceptors (Lipinski definition) is 1. The molecule has 0 aromatic heterocycles. The first-order valence-electron chi connectivity index (χ1n) is 4.18. The number of likely N-dealkylation sites (N-methyl/N-ethyl adjacent to an activating group) is 1. The highest BCUT2D eigenvalue weighted by atomic mass is 79.9. The summed E-state index contributed by atoms with van der Waals surface area (Å²) in [4.78, 5) is 2.08. The quantitative estimate of drug-likeness (QED) is 0.792. The molecule has 0 amide bonds. The lowest BCUT2D eigenvalue weighted by molar-refractivity contribution is 0.413. The van der Waals surface area contributed by atoms with Gasteiger partial charge in [0.15, 0.2) is 0 Å². The smallest absolute Gasteiger partial charge is 0.137 e. The van der Waals surface area contributed by atoms with Crippen LogP contribution in [0, 0.1) is 5.82 Å². The largest absolute Gasteiger partial charge is 0.309 e. The maximum Gasteiger partial charge on any atom is 0.137 e. The molecule has 0 radical (unpaired) electrons. The van der Waals surface area contributed by atoms with Crippen LogP contribution in [0.15, 0.2) is 22.7 Å². The first-order valence-corrected chi connectivity index (χ1v) is 4.97. The summed E-state index contributed by atoms with van der Waals surface area (Å²) in [5, 5.41) is 0. The lowest BCUT2D eigenvalue weighted by atomic mass is 10.1. The summed E-state index contributed by atoms with van der Waals surface area (Å²) in [5.74, 6) is -0.184. The van der Waals surface area contributed by atoms with E-state index in [1.807, 2.05) is 20.2 Å². The fourth-order valence-electron chi connectivity index (χ4n) is 1.05. The van der Waals surface area contributed by atoms with Crippen LogP contribution in [0.5, 0.6) is 0 Å². The summed E-state index contributed by atoms with van der Waals surface area (Å²) in [6, 6.07) is 5.27. The zero-order valence-electron chi connectivity index (χ0n) is 7.85. The zero-order valence-corrected chi connectivity index (χ0v) is 9.44. The Morgan fingerprint density at radius 2 is 2.08 bits per heavy atom. The summed E-state index contributed by atoms with van der Waals surface area (Å²) in [6.07, 6.45) is 0.886. The molecule has 72 valence electrons. The molecule has 0 aliphatic carbocycles. The summed E-state index contributed by atoms with van der Waals surface area (Å²) >= 11 is 3.12. The van der Waals surface area contributed by atoms with Gasteiger partial charge in [-0.1, -0.05) is 6.07 Å². The fraction of sp³-hybridized carbons (Fsp3) is 0.400. The molecule has 0 aliphatic heterocycles. The molecule has 3 heteroatoms. The monoisotopic (exact) mass is 245 g/mol. The maximum atomic E-state index is 13.0. The second kappa shape index (κ2) is 4.72. The highest BCUT2D eigenvalue weighted by Gasteiger charge is 2.00. The second-order valence-electron chi connectivity index (χ2n) is 3.30. The van der Waals surface area contributed by atoms with E-state index >= 15 is 0 Å². The third-order valence-electron chi connectivity index (χ3n) is 1.83. The molecule has 0 aliphatic rings. The molecule has 0 fully saturated rings.